The summed E-state index contributed by atoms with van der Waals surface area (Å²) in [5, 5.41) is 24.4. The van der Waals surface area contributed by atoms with Gasteiger partial charge < -0.3 is 20.6 Å². The first kappa shape index (κ1) is 22.4. The number of aliphatic hydroxyl groups is 1. The van der Waals surface area contributed by atoms with Gasteiger partial charge in [0.15, 0.2) is 0 Å². The van der Waals surface area contributed by atoms with Gasteiger partial charge in [0.05, 0.1) is 17.7 Å². The van der Waals surface area contributed by atoms with Crippen molar-refractivity contribution in [1.29, 1.82) is 5.26 Å². The minimum absolute atomic E-state index is 0.0416. The largest absolute Gasteiger partial charge is 0.391 e. The van der Waals surface area contributed by atoms with Crippen molar-refractivity contribution < 1.29 is 19.5 Å². The van der Waals surface area contributed by atoms with Crippen LogP contribution in [0.1, 0.15) is 45.2 Å². The molecule has 0 radical (unpaired) electrons. The van der Waals surface area contributed by atoms with Crippen LogP contribution in [0.15, 0.2) is 24.3 Å². The Morgan fingerprint density at radius 2 is 1.90 bits per heavy atom. The molecule has 1 aromatic rings. The van der Waals surface area contributed by atoms with Gasteiger partial charge in [-0.3, -0.25) is 14.4 Å². The molecule has 3 atom stereocenters. The van der Waals surface area contributed by atoms with Crippen LogP contribution in [-0.2, 0) is 20.9 Å². The summed E-state index contributed by atoms with van der Waals surface area (Å²) in [4.78, 5) is 38.8. The number of β-amino-alcohol motifs (C(OH)–C–C–N with tert-alkyl or cyclic N) is 1. The number of likely N-dealkylation sites (tertiary alicyclic amines) is 1. The number of carbonyl (C=O) groups excluding carboxylic acids is 3. The van der Waals surface area contributed by atoms with Gasteiger partial charge >= 0.3 is 0 Å². The summed E-state index contributed by atoms with van der Waals surface area (Å²) in [6, 6.07) is 7.24. The highest BCUT2D eigenvalue weighted by molar-refractivity contribution is 5.92. The van der Waals surface area contributed by atoms with E-state index in [0.717, 1.165) is 5.56 Å². The number of hydrogen-bond donors (Lipinski definition) is 3. The second-order valence-corrected chi connectivity index (χ2v) is 8.42. The van der Waals surface area contributed by atoms with Crippen molar-refractivity contribution in [1.82, 2.24) is 15.5 Å². The maximum Gasteiger partial charge on any atom is 0.246 e. The van der Waals surface area contributed by atoms with Crippen molar-refractivity contribution in [3.05, 3.63) is 35.4 Å². The quantitative estimate of drug-likeness (QED) is 0.671. The van der Waals surface area contributed by atoms with Crippen molar-refractivity contribution >= 4 is 17.7 Å². The fraction of sp³-hybridized carbons (Fsp3) is 0.524. The van der Waals surface area contributed by atoms with Crippen molar-refractivity contribution in [2.24, 2.45) is 5.41 Å². The zero-order valence-corrected chi connectivity index (χ0v) is 17.2. The van der Waals surface area contributed by atoms with Crippen molar-refractivity contribution in [3.8, 4) is 6.07 Å². The molecule has 3 amide bonds. The topological polar surface area (TPSA) is 123 Å². The molecule has 0 bridgehead atoms. The highest BCUT2D eigenvalue weighted by Crippen LogP contribution is 2.26. The van der Waals surface area contributed by atoms with Crippen molar-refractivity contribution in [3.63, 3.8) is 0 Å². The fourth-order valence-electron chi connectivity index (χ4n) is 3.33. The van der Waals surface area contributed by atoms with E-state index in [0.29, 0.717) is 5.56 Å². The number of nitriles is 1. The van der Waals surface area contributed by atoms with E-state index < -0.39 is 23.6 Å². The van der Waals surface area contributed by atoms with Gasteiger partial charge in [0, 0.05) is 26.4 Å². The number of nitrogens with one attached hydrogen (secondary N) is 2. The molecule has 0 unspecified atom stereocenters. The lowest BCUT2D eigenvalue weighted by atomic mass is 9.85. The predicted molar refractivity (Wildman–Crippen MR) is 106 cm³/mol. The van der Waals surface area contributed by atoms with E-state index in [-0.39, 0.29) is 37.2 Å². The van der Waals surface area contributed by atoms with E-state index >= 15 is 0 Å². The molecule has 1 heterocycles. The zero-order valence-electron chi connectivity index (χ0n) is 17.2. The van der Waals surface area contributed by atoms with E-state index in [1.54, 1.807) is 24.3 Å². The summed E-state index contributed by atoms with van der Waals surface area (Å²) in [5.41, 5.74) is 0.793. The van der Waals surface area contributed by atoms with Gasteiger partial charge in [-0.1, -0.05) is 32.9 Å². The Kier molecular flexibility index (Phi) is 6.98. The van der Waals surface area contributed by atoms with E-state index in [1.165, 1.54) is 11.8 Å². The van der Waals surface area contributed by atoms with Crippen LogP contribution in [0, 0.1) is 16.7 Å². The average molecular weight is 400 g/mol. The fourth-order valence-corrected chi connectivity index (χ4v) is 3.33. The van der Waals surface area contributed by atoms with Crippen LogP contribution in [0.3, 0.4) is 0 Å². The van der Waals surface area contributed by atoms with Crippen LogP contribution >= 0.6 is 0 Å². The Labute approximate surface area is 170 Å². The smallest absolute Gasteiger partial charge is 0.246 e. The van der Waals surface area contributed by atoms with Gasteiger partial charge in [-0.2, -0.15) is 5.26 Å². The van der Waals surface area contributed by atoms with Gasteiger partial charge in [0.25, 0.3) is 0 Å². The molecule has 0 spiro atoms. The summed E-state index contributed by atoms with van der Waals surface area (Å²) < 4.78 is 0. The standard InChI is InChI=1S/C21H28N4O4/c1-13(26)24-18(21(2,3)4)20(29)25-12-16(27)9-17(25)19(28)23-11-15-7-5-14(10-22)6-8-15/h5-8,16-18,27H,9,11-12H2,1-4H3,(H,23,28)(H,24,26)/t16-,17+,18-/m1/s1. The minimum atomic E-state index is -0.811. The molecule has 1 aliphatic heterocycles. The predicted octanol–water partition coefficient (Wildman–Crippen LogP) is 0.687. The summed E-state index contributed by atoms with van der Waals surface area (Å²) in [5.74, 6) is -1.09. The van der Waals surface area contributed by atoms with Gasteiger partial charge in [0.2, 0.25) is 17.7 Å². The molecule has 0 aliphatic carbocycles. The van der Waals surface area contributed by atoms with Gasteiger partial charge in [-0.05, 0) is 23.1 Å². The molecule has 1 aliphatic rings. The van der Waals surface area contributed by atoms with E-state index in [2.05, 4.69) is 10.6 Å². The number of rotatable bonds is 5. The van der Waals surface area contributed by atoms with Crippen LogP contribution in [0.4, 0.5) is 0 Å². The first-order valence-corrected chi connectivity index (χ1v) is 9.55. The lowest BCUT2D eigenvalue weighted by Crippen LogP contribution is -2.57. The monoisotopic (exact) mass is 400 g/mol. The molecule has 156 valence electrons. The molecule has 1 saturated heterocycles. The van der Waals surface area contributed by atoms with Crippen molar-refractivity contribution in [2.75, 3.05) is 6.54 Å². The minimum Gasteiger partial charge on any atom is -0.391 e. The second kappa shape index (κ2) is 9.05. The second-order valence-electron chi connectivity index (χ2n) is 8.42. The highest BCUT2D eigenvalue weighted by Gasteiger charge is 2.44. The number of hydrogen-bond acceptors (Lipinski definition) is 5. The zero-order chi connectivity index (χ0) is 21.8. The molecule has 1 fully saturated rings. The average Bonchev–Trinajstić information content (AvgIpc) is 3.05. The van der Waals surface area contributed by atoms with E-state index in [1.807, 2.05) is 26.8 Å². The summed E-state index contributed by atoms with van der Waals surface area (Å²) in [6.45, 7) is 7.12. The van der Waals surface area contributed by atoms with Crippen LogP contribution in [0.2, 0.25) is 0 Å². The molecule has 3 N–H and O–H groups in total. The first-order chi connectivity index (χ1) is 13.5. The number of nitrogens with zero attached hydrogens (tertiary/aromatic N) is 2. The number of aliphatic hydroxyl groups excluding tert-OH is 1. The van der Waals surface area contributed by atoms with Gasteiger partial charge in [-0.15, -0.1) is 0 Å². The lowest BCUT2D eigenvalue weighted by molar-refractivity contribution is -0.143. The van der Waals surface area contributed by atoms with Crippen LogP contribution in [0.5, 0.6) is 0 Å². The Bertz CT molecular complexity index is 807. The highest BCUT2D eigenvalue weighted by atomic mass is 16.3. The molecule has 8 nitrogen and oxygen atoms in total. The number of carbonyl (C=O) groups is 3. The maximum atomic E-state index is 13.1. The van der Waals surface area contributed by atoms with Gasteiger partial charge in [-0.25, -0.2) is 0 Å². The van der Waals surface area contributed by atoms with Crippen LogP contribution < -0.4 is 10.6 Å². The first-order valence-electron chi connectivity index (χ1n) is 9.55. The van der Waals surface area contributed by atoms with Crippen LogP contribution in [-0.4, -0.2) is 52.5 Å². The molecule has 2 rings (SSSR count). The third-order valence-corrected chi connectivity index (χ3v) is 4.88. The Morgan fingerprint density at radius 1 is 1.28 bits per heavy atom. The molecular formula is C21H28N4O4. The summed E-state index contributed by atoms with van der Waals surface area (Å²) >= 11 is 0. The Morgan fingerprint density at radius 3 is 2.41 bits per heavy atom. The number of benzene rings is 1. The van der Waals surface area contributed by atoms with E-state index in [9.17, 15) is 19.5 Å². The van der Waals surface area contributed by atoms with Crippen LogP contribution in [0.25, 0.3) is 0 Å². The SMILES string of the molecule is CC(=O)N[C@H](C(=O)N1C[C@H](O)C[C@H]1C(=O)NCc1ccc(C#N)cc1)C(C)(C)C. The number of amides is 3. The summed E-state index contributed by atoms with van der Waals surface area (Å²) in [7, 11) is 0. The normalized spacial score (nSPS) is 19.9. The summed E-state index contributed by atoms with van der Waals surface area (Å²) in [6.07, 6.45) is -0.662. The Balaban J connectivity index is 2.11. The van der Waals surface area contributed by atoms with Gasteiger partial charge in [0.1, 0.15) is 12.1 Å². The van der Waals surface area contributed by atoms with E-state index in [4.69, 9.17) is 5.26 Å². The molecular weight excluding hydrogens is 372 g/mol. The lowest BCUT2D eigenvalue weighted by Gasteiger charge is -2.35. The molecule has 0 saturated carbocycles. The maximum absolute atomic E-state index is 13.1. The molecule has 0 aromatic heterocycles. The molecule has 1 aromatic carbocycles. The molecule has 8 heteroatoms. The third kappa shape index (κ3) is 5.78. The molecule has 29 heavy (non-hydrogen) atoms. The van der Waals surface area contributed by atoms with Crippen molar-refractivity contribution in [2.45, 2.75) is 58.8 Å². The Hall–Kier alpha value is -2.92. The third-order valence-electron chi connectivity index (χ3n) is 4.88.